The molecule has 0 aliphatic heterocycles. The van der Waals surface area contributed by atoms with E-state index < -0.39 is 0 Å². The Bertz CT molecular complexity index is 511. The summed E-state index contributed by atoms with van der Waals surface area (Å²) in [6, 6.07) is 6.50. The van der Waals surface area contributed by atoms with E-state index in [2.05, 4.69) is 42.3 Å². The first-order valence-corrected chi connectivity index (χ1v) is 7.84. The number of thiazole rings is 1. The van der Waals surface area contributed by atoms with Crippen LogP contribution in [0.1, 0.15) is 35.4 Å². The van der Waals surface area contributed by atoms with Gasteiger partial charge in [0.25, 0.3) is 0 Å². The molecule has 0 bridgehead atoms. The fourth-order valence-corrected chi connectivity index (χ4v) is 2.99. The first kappa shape index (κ1) is 14.5. The molecule has 2 rings (SSSR count). The van der Waals surface area contributed by atoms with Crippen molar-refractivity contribution in [2.75, 3.05) is 6.54 Å². The molecule has 0 aliphatic rings. The summed E-state index contributed by atoms with van der Waals surface area (Å²) in [5, 5.41) is 4.46. The fourth-order valence-electron chi connectivity index (χ4n) is 2.09. The summed E-state index contributed by atoms with van der Waals surface area (Å²) in [7, 11) is 0. The van der Waals surface area contributed by atoms with Gasteiger partial charge in [-0.15, -0.1) is 11.3 Å². The third-order valence-corrected chi connectivity index (χ3v) is 4.44. The van der Waals surface area contributed by atoms with Crippen LogP contribution in [0.4, 0.5) is 0 Å². The minimum absolute atomic E-state index is 0.257. The fraction of sp³-hybridized carbons (Fsp3) is 0.400. The van der Waals surface area contributed by atoms with E-state index in [1.54, 1.807) is 11.3 Å². The monoisotopic (exact) mass is 294 g/mol. The maximum absolute atomic E-state index is 6.45. The van der Waals surface area contributed by atoms with Crippen LogP contribution < -0.4 is 5.32 Å². The second kappa shape index (κ2) is 7.04. The van der Waals surface area contributed by atoms with E-state index in [0.29, 0.717) is 0 Å². The van der Waals surface area contributed by atoms with Gasteiger partial charge in [-0.05, 0) is 31.0 Å². The predicted molar refractivity (Wildman–Crippen MR) is 83.0 cm³/mol. The van der Waals surface area contributed by atoms with Crippen LogP contribution in [0.5, 0.6) is 0 Å². The van der Waals surface area contributed by atoms with Crippen molar-refractivity contribution in [2.45, 2.75) is 32.7 Å². The standard InChI is InChI=1S/C15H19ClN2S/c1-3-7-18-14(8-12-9-17-10-19-12)13-6-4-5-11(2)15(13)16/h4-6,9-10,14,18H,3,7-8H2,1-2H3. The first-order valence-electron chi connectivity index (χ1n) is 6.58. The van der Waals surface area contributed by atoms with Gasteiger partial charge in [0.1, 0.15) is 0 Å². The average Bonchev–Trinajstić information content (AvgIpc) is 2.91. The zero-order valence-corrected chi connectivity index (χ0v) is 12.9. The highest BCUT2D eigenvalue weighted by Crippen LogP contribution is 2.29. The summed E-state index contributed by atoms with van der Waals surface area (Å²) in [5.41, 5.74) is 4.19. The van der Waals surface area contributed by atoms with Crippen molar-refractivity contribution in [3.63, 3.8) is 0 Å². The number of aryl methyl sites for hydroxylation is 1. The molecule has 2 aromatic rings. The Morgan fingerprint density at radius 2 is 2.26 bits per heavy atom. The lowest BCUT2D eigenvalue weighted by molar-refractivity contribution is 0.532. The van der Waals surface area contributed by atoms with Crippen LogP contribution in [0, 0.1) is 6.92 Å². The summed E-state index contributed by atoms with van der Waals surface area (Å²) in [5.74, 6) is 0. The number of rotatable bonds is 6. The van der Waals surface area contributed by atoms with Gasteiger partial charge in [0, 0.05) is 28.6 Å². The van der Waals surface area contributed by atoms with Crippen molar-refractivity contribution in [1.82, 2.24) is 10.3 Å². The molecule has 102 valence electrons. The van der Waals surface area contributed by atoms with Crippen LogP contribution in [-0.2, 0) is 6.42 Å². The minimum Gasteiger partial charge on any atom is -0.310 e. The maximum atomic E-state index is 6.45. The Morgan fingerprint density at radius 1 is 1.42 bits per heavy atom. The van der Waals surface area contributed by atoms with Gasteiger partial charge in [-0.3, -0.25) is 4.98 Å². The lowest BCUT2D eigenvalue weighted by Crippen LogP contribution is -2.24. The van der Waals surface area contributed by atoms with Gasteiger partial charge >= 0.3 is 0 Å². The Morgan fingerprint density at radius 3 is 2.95 bits per heavy atom. The highest BCUT2D eigenvalue weighted by atomic mass is 35.5. The van der Waals surface area contributed by atoms with E-state index in [9.17, 15) is 0 Å². The smallest absolute Gasteiger partial charge is 0.0794 e. The van der Waals surface area contributed by atoms with E-state index in [1.165, 1.54) is 10.4 Å². The van der Waals surface area contributed by atoms with Crippen molar-refractivity contribution in [2.24, 2.45) is 0 Å². The molecule has 0 fully saturated rings. The van der Waals surface area contributed by atoms with Gasteiger partial charge in [-0.2, -0.15) is 0 Å². The maximum Gasteiger partial charge on any atom is 0.0794 e. The topological polar surface area (TPSA) is 24.9 Å². The van der Waals surface area contributed by atoms with Gasteiger partial charge in [0.2, 0.25) is 0 Å². The molecule has 0 aliphatic carbocycles. The molecular weight excluding hydrogens is 276 g/mol. The SMILES string of the molecule is CCCNC(Cc1cncs1)c1cccc(C)c1Cl. The van der Waals surface area contributed by atoms with Gasteiger partial charge in [0.05, 0.1) is 5.51 Å². The van der Waals surface area contributed by atoms with Crippen molar-refractivity contribution in [3.8, 4) is 0 Å². The average molecular weight is 295 g/mol. The zero-order valence-electron chi connectivity index (χ0n) is 11.3. The van der Waals surface area contributed by atoms with Crippen LogP contribution >= 0.6 is 22.9 Å². The molecule has 2 nitrogen and oxygen atoms in total. The van der Waals surface area contributed by atoms with E-state index in [-0.39, 0.29) is 6.04 Å². The summed E-state index contributed by atoms with van der Waals surface area (Å²) < 4.78 is 0. The molecule has 0 saturated heterocycles. The molecule has 1 N–H and O–H groups in total. The lowest BCUT2D eigenvalue weighted by atomic mass is 10.0. The highest BCUT2D eigenvalue weighted by Gasteiger charge is 2.16. The second-order valence-electron chi connectivity index (χ2n) is 4.66. The third kappa shape index (κ3) is 3.78. The Kier molecular flexibility index (Phi) is 5.37. The largest absolute Gasteiger partial charge is 0.310 e. The molecule has 1 aromatic heterocycles. The molecule has 0 spiro atoms. The number of hydrogen-bond acceptors (Lipinski definition) is 3. The summed E-state index contributed by atoms with van der Waals surface area (Å²) in [6.07, 6.45) is 3.99. The van der Waals surface area contributed by atoms with Gasteiger partial charge in [0.15, 0.2) is 0 Å². The van der Waals surface area contributed by atoms with E-state index in [1.807, 2.05) is 11.7 Å². The molecule has 1 atom stereocenters. The van der Waals surface area contributed by atoms with Crippen LogP contribution in [-0.4, -0.2) is 11.5 Å². The Labute approximate surface area is 123 Å². The molecule has 4 heteroatoms. The summed E-state index contributed by atoms with van der Waals surface area (Å²) in [6.45, 7) is 5.22. The second-order valence-corrected chi connectivity index (χ2v) is 6.01. The van der Waals surface area contributed by atoms with Crippen molar-refractivity contribution < 1.29 is 0 Å². The number of nitrogens with one attached hydrogen (secondary N) is 1. The van der Waals surface area contributed by atoms with Crippen LogP contribution in [0.3, 0.4) is 0 Å². The van der Waals surface area contributed by atoms with Gasteiger partial charge < -0.3 is 5.32 Å². The normalized spacial score (nSPS) is 12.6. The van der Waals surface area contributed by atoms with Crippen molar-refractivity contribution >= 4 is 22.9 Å². The van der Waals surface area contributed by atoms with E-state index >= 15 is 0 Å². The van der Waals surface area contributed by atoms with Crippen LogP contribution in [0.2, 0.25) is 5.02 Å². The molecule has 19 heavy (non-hydrogen) atoms. The first-order chi connectivity index (χ1) is 9.22. The van der Waals surface area contributed by atoms with Crippen molar-refractivity contribution in [3.05, 3.63) is 50.9 Å². The third-order valence-electron chi connectivity index (χ3n) is 3.13. The predicted octanol–water partition coefficient (Wildman–Crippen LogP) is 4.39. The number of nitrogens with zero attached hydrogens (tertiary/aromatic N) is 1. The Hall–Kier alpha value is -0.900. The van der Waals surface area contributed by atoms with Crippen LogP contribution in [0.15, 0.2) is 29.9 Å². The van der Waals surface area contributed by atoms with Gasteiger partial charge in [-0.25, -0.2) is 0 Å². The number of halogens is 1. The number of aromatic nitrogens is 1. The van der Waals surface area contributed by atoms with E-state index in [0.717, 1.165) is 30.0 Å². The molecule has 0 saturated carbocycles. The van der Waals surface area contributed by atoms with Gasteiger partial charge in [-0.1, -0.05) is 36.7 Å². The number of hydrogen-bond donors (Lipinski definition) is 1. The lowest BCUT2D eigenvalue weighted by Gasteiger charge is -2.20. The number of benzene rings is 1. The summed E-state index contributed by atoms with van der Waals surface area (Å²) in [4.78, 5) is 5.43. The molecule has 1 heterocycles. The summed E-state index contributed by atoms with van der Waals surface area (Å²) >= 11 is 8.15. The molecular formula is C15H19ClN2S. The molecule has 0 radical (unpaired) electrons. The van der Waals surface area contributed by atoms with Crippen molar-refractivity contribution in [1.29, 1.82) is 0 Å². The molecule has 0 amide bonds. The Balaban J connectivity index is 2.23. The molecule has 1 unspecified atom stereocenters. The zero-order chi connectivity index (χ0) is 13.7. The van der Waals surface area contributed by atoms with Crippen LogP contribution in [0.25, 0.3) is 0 Å². The highest BCUT2D eigenvalue weighted by molar-refractivity contribution is 7.09. The minimum atomic E-state index is 0.257. The van der Waals surface area contributed by atoms with E-state index in [4.69, 9.17) is 11.6 Å². The quantitative estimate of drug-likeness (QED) is 0.855. The molecule has 1 aromatic carbocycles.